The molecule has 0 spiro atoms. The van der Waals surface area contributed by atoms with Crippen molar-refractivity contribution in [3.8, 4) is 0 Å². The van der Waals surface area contributed by atoms with Gasteiger partial charge >= 0.3 is 6.09 Å². The SMILES string of the molecule is CC(C)[C@H](CNC(=O)[C@@H](NC(=O)OCc1ccccc1)C(C)C)NC(=O)c1cc2ccccc2o1. The monoisotopic (exact) mass is 479 g/mol. The molecule has 2 atom stereocenters. The zero-order valence-electron chi connectivity index (χ0n) is 20.5. The maximum atomic E-state index is 12.9. The van der Waals surface area contributed by atoms with Crippen LogP contribution in [0.1, 0.15) is 43.8 Å². The lowest BCUT2D eigenvalue weighted by molar-refractivity contribution is -0.124. The van der Waals surface area contributed by atoms with Gasteiger partial charge in [0.1, 0.15) is 18.2 Å². The maximum absolute atomic E-state index is 12.9. The van der Waals surface area contributed by atoms with E-state index in [1.165, 1.54) is 0 Å². The second-order valence-electron chi connectivity index (χ2n) is 9.15. The molecule has 0 radical (unpaired) electrons. The molecule has 0 unspecified atom stereocenters. The summed E-state index contributed by atoms with van der Waals surface area (Å²) < 4.78 is 10.9. The summed E-state index contributed by atoms with van der Waals surface area (Å²) in [5.74, 6) is -0.602. The van der Waals surface area contributed by atoms with Crippen LogP contribution in [-0.4, -0.2) is 36.5 Å². The number of hydrogen-bond acceptors (Lipinski definition) is 5. The van der Waals surface area contributed by atoms with Gasteiger partial charge in [0.2, 0.25) is 5.91 Å². The van der Waals surface area contributed by atoms with Crippen molar-refractivity contribution in [3.63, 3.8) is 0 Å². The van der Waals surface area contributed by atoms with Gasteiger partial charge in [0, 0.05) is 18.0 Å². The fourth-order valence-corrected chi connectivity index (χ4v) is 3.53. The summed E-state index contributed by atoms with van der Waals surface area (Å²) in [4.78, 5) is 37.9. The summed E-state index contributed by atoms with van der Waals surface area (Å²) in [6.45, 7) is 7.90. The largest absolute Gasteiger partial charge is 0.451 e. The molecular weight excluding hydrogens is 446 g/mol. The zero-order valence-corrected chi connectivity index (χ0v) is 20.5. The van der Waals surface area contributed by atoms with Crippen LogP contribution in [0.15, 0.2) is 65.1 Å². The van der Waals surface area contributed by atoms with Crippen molar-refractivity contribution in [2.24, 2.45) is 11.8 Å². The number of hydrogen-bond donors (Lipinski definition) is 3. The third-order valence-electron chi connectivity index (χ3n) is 5.70. The third-order valence-corrected chi connectivity index (χ3v) is 5.70. The normalized spacial score (nSPS) is 12.9. The Morgan fingerprint density at radius 1 is 0.886 bits per heavy atom. The van der Waals surface area contributed by atoms with Crippen LogP contribution >= 0.6 is 0 Å². The number of para-hydroxylation sites is 1. The molecular formula is C27H33N3O5. The van der Waals surface area contributed by atoms with E-state index in [1.807, 2.05) is 76.2 Å². The molecule has 8 heteroatoms. The molecule has 1 aromatic heterocycles. The van der Waals surface area contributed by atoms with E-state index in [9.17, 15) is 14.4 Å². The highest BCUT2D eigenvalue weighted by molar-refractivity contribution is 5.96. The van der Waals surface area contributed by atoms with E-state index in [-0.39, 0.29) is 48.6 Å². The summed E-state index contributed by atoms with van der Waals surface area (Å²) in [7, 11) is 0. The van der Waals surface area contributed by atoms with Crippen LogP contribution < -0.4 is 16.0 Å². The van der Waals surface area contributed by atoms with E-state index in [0.717, 1.165) is 10.9 Å². The van der Waals surface area contributed by atoms with Gasteiger partial charge in [0.15, 0.2) is 5.76 Å². The molecule has 0 aliphatic carbocycles. The molecule has 0 fully saturated rings. The van der Waals surface area contributed by atoms with Gasteiger partial charge in [0.25, 0.3) is 5.91 Å². The van der Waals surface area contributed by atoms with Crippen molar-refractivity contribution < 1.29 is 23.5 Å². The van der Waals surface area contributed by atoms with Crippen molar-refractivity contribution >= 4 is 28.9 Å². The van der Waals surface area contributed by atoms with Crippen molar-refractivity contribution in [1.29, 1.82) is 0 Å². The number of amides is 3. The predicted octanol–water partition coefficient (Wildman–Crippen LogP) is 4.25. The fraction of sp³-hybridized carbons (Fsp3) is 0.370. The Balaban J connectivity index is 1.54. The number of ether oxygens (including phenoxy) is 1. The van der Waals surface area contributed by atoms with Gasteiger partial charge in [-0.3, -0.25) is 9.59 Å². The molecule has 8 nitrogen and oxygen atoms in total. The Hall–Kier alpha value is -3.81. The van der Waals surface area contributed by atoms with E-state index in [4.69, 9.17) is 9.15 Å². The summed E-state index contributed by atoms with van der Waals surface area (Å²) >= 11 is 0. The lowest BCUT2D eigenvalue weighted by Crippen LogP contribution is -2.53. The average molecular weight is 480 g/mol. The smallest absolute Gasteiger partial charge is 0.408 e. The number of fused-ring (bicyclic) bond motifs is 1. The first kappa shape index (κ1) is 25.8. The first-order chi connectivity index (χ1) is 16.7. The number of benzene rings is 2. The maximum Gasteiger partial charge on any atom is 0.408 e. The second kappa shape index (κ2) is 12.1. The molecule has 0 aliphatic heterocycles. The number of carbonyl (C=O) groups excluding carboxylic acids is 3. The molecule has 3 rings (SSSR count). The Morgan fingerprint density at radius 3 is 2.23 bits per heavy atom. The van der Waals surface area contributed by atoms with Gasteiger partial charge in [-0.15, -0.1) is 0 Å². The van der Waals surface area contributed by atoms with Crippen LogP contribution in [0, 0.1) is 11.8 Å². The molecule has 3 aromatic rings. The quantitative estimate of drug-likeness (QED) is 0.403. The number of alkyl carbamates (subject to hydrolysis) is 1. The molecule has 1 heterocycles. The van der Waals surface area contributed by atoms with Crippen molar-refractivity contribution in [1.82, 2.24) is 16.0 Å². The summed E-state index contributed by atoms with van der Waals surface area (Å²) in [6.07, 6.45) is -0.665. The lowest BCUT2D eigenvalue weighted by Gasteiger charge is -2.25. The molecule has 0 bridgehead atoms. The first-order valence-electron chi connectivity index (χ1n) is 11.8. The van der Waals surface area contributed by atoms with E-state index in [0.29, 0.717) is 5.58 Å². The Labute approximate surface area is 205 Å². The van der Waals surface area contributed by atoms with Crippen LogP contribution in [-0.2, 0) is 16.1 Å². The van der Waals surface area contributed by atoms with Gasteiger partial charge in [-0.1, -0.05) is 76.2 Å². The van der Waals surface area contributed by atoms with E-state index in [1.54, 1.807) is 12.1 Å². The summed E-state index contributed by atoms with van der Waals surface area (Å²) in [6, 6.07) is 17.3. The van der Waals surface area contributed by atoms with Crippen LogP contribution in [0.3, 0.4) is 0 Å². The van der Waals surface area contributed by atoms with Crippen molar-refractivity contribution in [3.05, 3.63) is 72.0 Å². The third kappa shape index (κ3) is 7.34. The highest BCUT2D eigenvalue weighted by Crippen LogP contribution is 2.19. The topological polar surface area (TPSA) is 110 Å². The van der Waals surface area contributed by atoms with E-state index < -0.39 is 12.1 Å². The van der Waals surface area contributed by atoms with E-state index >= 15 is 0 Å². The van der Waals surface area contributed by atoms with Gasteiger partial charge in [0.05, 0.1) is 0 Å². The molecule has 0 saturated carbocycles. The Morgan fingerprint density at radius 2 is 1.57 bits per heavy atom. The molecule has 0 aliphatic rings. The van der Waals surface area contributed by atoms with Gasteiger partial charge in [-0.25, -0.2) is 4.79 Å². The van der Waals surface area contributed by atoms with Crippen LogP contribution in [0.2, 0.25) is 0 Å². The molecule has 186 valence electrons. The second-order valence-corrected chi connectivity index (χ2v) is 9.15. The van der Waals surface area contributed by atoms with Crippen LogP contribution in [0.4, 0.5) is 4.79 Å². The molecule has 0 saturated heterocycles. The number of furan rings is 1. The van der Waals surface area contributed by atoms with E-state index in [2.05, 4.69) is 16.0 Å². The molecule has 3 amide bonds. The minimum atomic E-state index is -0.780. The highest BCUT2D eigenvalue weighted by atomic mass is 16.5. The van der Waals surface area contributed by atoms with Gasteiger partial charge in [-0.05, 0) is 29.5 Å². The van der Waals surface area contributed by atoms with Crippen molar-refractivity contribution in [2.45, 2.75) is 46.4 Å². The zero-order chi connectivity index (χ0) is 25.4. The molecule has 35 heavy (non-hydrogen) atoms. The van der Waals surface area contributed by atoms with Gasteiger partial charge < -0.3 is 25.1 Å². The summed E-state index contributed by atoms with van der Waals surface area (Å²) in [5.41, 5.74) is 1.49. The average Bonchev–Trinajstić information content (AvgIpc) is 3.28. The minimum absolute atomic E-state index is 0.0462. The Kier molecular flexibility index (Phi) is 8.89. The Bertz CT molecular complexity index is 1110. The highest BCUT2D eigenvalue weighted by Gasteiger charge is 2.27. The van der Waals surface area contributed by atoms with Crippen LogP contribution in [0.25, 0.3) is 11.0 Å². The predicted molar refractivity (Wildman–Crippen MR) is 134 cm³/mol. The fourth-order valence-electron chi connectivity index (χ4n) is 3.53. The minimum Gasteiger partial charge on any atom is -0.451 e. The lowest BCUT2D eigenvalue weighted by atomic mass is 10.0. The van der Waals surface area contributed by atoms with Gasteiger partial charge in [-0.2, -0.15) is 0 Å². The standard InChI is InChI=1S/C27H33N3O5/c1-17(2)21(29-25(31)23-14-20-12-8-9-13-22(20)35-23)15-28-26(32)24(18(3)4)30-27(33)34-16-19-10-6-5-7-11-19/h5-14,17-18,21,24H,15-16H2,1-4H3,(H,28,32)(H,29,31)(H,30,33)/t21-,24-/m0/s1. The first-order valence-corrected chi connectivity index (χ1v) is 11.8. The van der Waals surface area contributed by atoms with Crippen molar-refractivity contribution in [2.75, 3.05) is 6.54 Å². The number of carbonyl (C=O) groups is 3. The molecule has 3 N–H and O–H groups in total. The molecule has 2 aromatic carbocycles. The van der Waals surface area contributed by atoms with Crippen LogP contribution in [0.5, 0.6) is 0 Å². The number of nitrogens with one attached hydrogen (secondary N) is 3. The number of rotatable bonds is 10. The summed E-state index contributed by atoms with van der Waals surface area (Å²) in [5, 5.41) is 9.28.